The summed E-state index contributed by atoms with van der Waals surface area (Å²) in [6.45, 7) is 0.551. The number of hydrogen-bond donors (Lipinski definition) is 0. The lowest BCUT2D eigenvalue weighted by Crippen LogP contribution is -2.39. The fourth-order valence-corrected chi connectivity index (χ4v) is 4.16. The zero-order chi connectivity index (χ0) is 15.8. The molecule has 1 amide bonds. The molecule has 120 valence electrons. The summed E-state index contributed by atoms with van der Waals surface area (Å²) >= 11 is 0. The van der Waals surface area contributed by atoms with E-state index in [1.165, 1.54) is 5.56 Å². The van der Waals surface area contributed by atoms with Crippen molar-refractivity contribution in [3.63, 3.8) is 0 Å². The smallest absolute Gasteiger partial charge is 0.310 e. The van der Waals surface area contributed by atoms with Crippen LogP contribution >= 0.6 is 0 Å². The minimum absolute atomic E-state index is 0.0496. The molecule has 1 saturated carbocycles. The van der Waals surface area contributed by atoms with Crippen LogP contribution < -0.4 is 4.90 Å². The Balaban J connectivity index is 1.37. The maximum Gasteiger partial charge on any atom is 0.310 e. The molecule has 3 atom stereocenters. The van der Waals surface area contributed by atoms with E-state index in [4.69, 9.17) is 4.74 Å². The Kier molecular flexibility index (Phi) is 3.68. The van der Waals surface area contributed by atoms with Gasteiger partial charge in [-0.05, 0) is 49.1 Å². The molecule has 2 bridgehead atoms. The summed E-state index contributed by atoms with van der Waals surface area (Å²) in [7, 11) is 0. The normalized spacial score (nSPS) is 27.8. The predicted octanol–water partition coefficient (Wildman–Crippen LogP) is 2.72. The first-order valence-electron chi connectivity index (χ1n) is 8.45. The SMILES string of the molecule is O=C(OCC(=O)N1CCCc2ccccc21)C1CC2C=CC1C2. The van der Waals surface area contributed by atoms with Gasteiger partial charge in [-0.15, -0.1) is 0 Å². The second kappa shape index (κ2) is 5.84. The highest BCUT2D eigenvalue weighted by Crippen LogP contribution is 2.43. The van der Waals surface area contributed by atoms with Gasteiger partial charge < -0.3 is 9.64 Å². The van der Waals surface area contributed by atoms with Gasteiger partial charge in [0.2, 0.25) is 0 Å². The number of para-hydroxylation sites is 1. The molecule has 3 unspecified atom stereocenters. The molecule has 2 aliphatic carbocycles. The molecule has 0 radical (unpaired) electrons. The first-order valence-corrected chi connectivity index (χ1v) is 8.45. The third-order valence-corrected chi connectivity index (χ3v) is 5.33. The van der Waals surface area contributed by atoms with E-state index < -0.39 is 0 Å². The summed E-state index contributed by atoms with van der Waals surface area (Å²) in [6.07, 6.45) is 8.21. The van der Waals surface area contributed by atoms with Crippen LogP contribution in [0.5, 0.6) is 0 Å². The number of carbonyl (C=O) groups is 2. The highest BCUT2D eigenvalue weighted by Gasteiger charge is 2.41. The van der Waals surface area contributed by atoms with Crippen molar-refractivity contribution in [2.45, 2.75) is 25.7 Å². The van der Waals surface area contributed by atoms with Gasteiger partial charge in [0, 0.05) is 12.2 Å². The van der Waals surface area contributed by atoms with Gasteiger partial charge >= 0.3 is 5.97 Å². The van der Waals surface area contributed by atoms with Crippen molar-refractivity contribution < 1.29 is 14.3 Å². The quantitative estimate of drug-likeness (QED) is 0.637. The predicted molar refractivity (Wildman–Crippen MR) is 86.9 cm³/mol. The molecule has 1 aromatic rings. The van der Waals surface area contributed by atoms with Crippen LogP contribution in [0.15, 0.2) is 36.4 Å². The number of anilines is 1. The van der Waals surface area contributed by atoms with Gasteiger partial charge in [-0.3, -0.25) is 9.59 Å². The maximum absolute atomic E-state index is 12.5. The average Bonchev–Trinajstić information content (AvgIpc) is 3.22. The Morgan fingerprint density at radius 1 is 1.17 bits per heavy atom. The first kappa shape index (κ1) is 14.5. The molecule has 23 heavy (non-hydrogen) atoms. The first-order chi connectivity index (χ1) is 11.2. The number of fused-ring (bicyclic) bond motifs is 3. The third-order valence-electron chi connectivity index (χ3n) is 5.33. The number of allylic oxidation sites excluding steroid dienone is 2. The van der Waals surface area contributed by atoms with Crippen molar-refractivity contribution >= 4 is 17.6 Å². The Bertz CT molecular complexity index is 666. The van der Waals surface area contributed by atoms with E-state index in [-0.39, 0.29) is 24.4 Å². The highest BCUT2D eigenvalue weighted by atomic mass is 16.5. The second-order valence-corrected chi connectivity index (χ2v) is 6.77. The summed E-state index contributed by atoms with van der Waals surface area (Å²) in [5.74, 6) is 0.469. The van der Waals surface area contributed by atoms with E-state index in [1.54, 1.807) is 4.90 Å². The molecule has 4 nitrogen and oxygen atoms in total. The summed E-state index contributed by atoms with van der Waals surface area (Å²) < 4.78 is 5.34. The lowest BCUT2D eigenvalue weighted by atomic mass is 9.94. The molecular weight excluding hydrogens is 290 g/mol. The minimum Gasteiger partial charge on any atom is -0.455 e. The minimum atomic E-state index is -0.208. The van der Waals surface area contributed by atoms with Gasteiger partial charge in [-0.25, -0.2) is 0 Å². The summed E-state index contributed by atoms with van der Waals surface area (Å²) in [5.41, 5.74) is 2.15. The van der Waals surface area contributed by atoms with Crippen LogP contribution in [-0.4, -0.2) is 25.0 Å². The highest BCUT2D eigenvalue weighted by molar-refractivity contribution is 5.96. The van der Waals surface area contributed by atoms with E-state index in [0.29, 0.717) is 18.4 Å². The van der Waals surface area contributed by atoms with Crippen molar-refractivity contribution in [3.05, 3.63) is 42.0 Å². The number of nitrogens with zero attached hydrogens (tertiary/aromatic N) is 1. The Labute approximate surface area is 136 Å². The Hall–Kier alpha value is -2.10. The van der Waals surface area contributed by atoms with Gasteiger partial charge in [-0.1, -0.05) is 30.4 Å². The summed E-state index contributed by atoms with van der Waals surface area (Å²) in [4.78, 5) is 26.5. The summed E-state index contributed by atoms with van der Waals surface area (Å²) in [5, 5.41) is 0. The van der Waals surface area contributed by atoms with E-state index in [2.05, 4.69) is 18.2 Å². The molecule has 4 rings (SSSR count). The van der Waals surface area contributed by atoms with Crippen LogP contribution in [0.25, 0.3) is 0 Å². The summed E-state index contributed by atoms with van der Waals surface area (Å²) in [6, 6.07) is 7.96. The third kappa shape index (κ3) is 2.67. The number of benzene rings is 1. The zero-order valence-electron chi connectivity index (χ0n) is 13.1. The van der Waals surface area contributed by atoms with Gasteiger partial charge in [0.05, 0.1) is 5.92 Å². The monoisotopic (exact) mass is 311 g/mol. The Morgan fingerprint density at radius 3 is 2.83 bits per heavy atom. The molecule has 0 spiro atoms. The van der Waals surface area contributed by atoms with Crippen molar-refractivity contribution in [1.82, 2.24) is 0 Å². The zero-order valence-corrected chi connectivity index (χ0v) is 13.1. The number of amides is 1. The van der Waals surface area contributed by atoms with E-state index in [9.17, 15) is 9.59 Å². The van der Waals surface area contributed by atoms with Crippen molar-refractivity contribution in [1.29, 1.82) is 0 Å². The molecular formula is C19H21NO3. The van der Waals surface area contributed by atoms with Crippen molar-refractivity contribution in [2.75, 3.05) is 18.1 Å². The standard InChI is InChI=1S/C19H21NO3/c21-18(20-9-3-5-14-4-1-2-6-17(14)20)12-23-19(22)16-11-13-7-8-15(16)10-13/h1-2,4,6-8,13,15-16H,3,5,9-12H2. The number of hydrogen-bond acceptors (Lipinski definition) is 3. The molecule has 0 aromatic heterocycles. The largest absolute Gasteiger partial charge is 0.455 e. The van der Waals surface area contributed by atoms with Crippen LogP contribution in [-0.2, 0) is 20.7 Å². The second-order valence-electron chi connectivity index (χ2n) is 6.77. The molecule has 3 aliphatic rings. The topological polar surface area (TPSA) is 46.6 Å². The van der Waals surface area contributed by atoms with Crippen LogP contribution in [0.3, 0.4) is 0 Å². The van der Waals surface area contributed by atoms with Crippen LogP contribution in [0.1, 0.15) is 24.8 Å². The van der Waals surface area contributed by atoms with Crippen LogP contribution in [0.4, 0.5) is 5.69 Å². The molecule has 4 heteroatoms. The lowest BCUT2D eigenvalue weighted by Gasteiger charge is -2.29. The van der Waals surface area contributed by atoms with Gasteiger partial charge in [0.15, 0.2) is 6.61 Å². The van der Waals surface area contributed by atoms with Crippen LogP contribution in [0, 0.1) is 17.8 Å². The van der Waals surface area contributed by atoms with Crippen molar-refractivity contribution in [2.24, 2.45) is 17.8 Å². The van der Waals surface area contributed by atoms with Gasteiger partial charge in [0.1, 0.15) is 0 Å². The molecule has 1 aromatic carbocycles. The fraction of sp³-hybridized carbons (Fsp3) is 0.474. The number of carbonyl (C=O) groups excluding carboxylic acids is 2. The van der Waals surface area contributed by atoms with E-state index in [0.717, 1.165) is 31.4 Å². The van der Waals surface area contributed by atoms with Crippen molar-refractivity contribution in [3.8, 4) is 0 Å². The molecule has 1 fully saturated rings. The van der Waals surface area contributed by atoms with Gasteiger partial charge in [0.25, 0.3) is 5.91 Å². The number of rotatable bonds is 3. The van der Waals surface area contributed by atoms with Crippen LogP contribution in [0.2, 0.25) is 0 Å². The number of aryl methyl sites for hydroxylation is 1. The average molecular weight is 311 g/mol. The number of esters is 1. The molecule has 0 N–H and O–H groups in total. The fourth-order valence-electron chi connectivity index (χ4n) is 4.16. The van der Waals surface area contributed by atoms with Gasteiger partial charge in [-0.2, -0.15) is 0 Å². The molecule has 1 aliphatic heterocycles. The Morgan fingerprint density at radius 2 is 2.04 bits per heavy atom. The maximum atomic E-state index is 12.5. The lowest BCUT2D eigenvalue weighted by molar-refractivity contribution is -0.152. The molecule has 0 saturated heterocycles. The van der Waals surface area contributed by atoms with E-state index >= 15 is 0 Å². The molecule has 1 heterocycles. The number of ether oxygens (including phenoxy) is 1. The van der Waals surface area contributed by atoms with E-state index in [1.807, 2.05) is 18.2 Å².